The minimum absolute atomic E-state index is 0.110. The molecule has 2 aromatic rings. The van der Waals surface area contributed by atoms with Crippen LogP contribution in [0.2, 0.25) is 10.0 Å². The van der Waals surface area contributed by atoms with Gasteiger partial charge in [0.15, 0.2) is 0 Å². The van der Waals surface area contributed by atoms with Gasteiger partial charge in [0, 0.05) is 0 Å². The standard InChI is InChI=1S/C16H16Cl2O2S/c1-3-11-7-5-9-13(15(11)17)21(19,20)14-10-6-8-12(4-2)16(14)18/h5-10H,3-4H2,1-2H3. The van der Waals surface area contributed by atoms with Crippen molar-refractivity contribution in [2.45, 2.75) is 36.5 Å². The Balaban J connectivity index is 2.69. The molecule has 2 nitrogen and oxygen atoms in total. The topological polar surface area (TPSA) is 34.1 Å². The molecule has 0 heterocycles. The fourth-order valence-corrected chi connectivity index (χ4v) is 4.81. The van der Waals surface area contributed by atoms with Crippen molar-refractivity contribution in [1.29, 1.82) is 0 Å². The third kappa shape index (κ3) is 2.96. The van der Waals surface area contributed by atoms with Gasteiger partial charge in [0.1, 0.15) is 0 Å². The molecule has 0 bridgehead atoms. The lowest BCUT2D eigenvalue weighted by Crippen LogP contribution is -2.06. The van der Waals surface area contributed by atoms with Gasteiger partial charge < -0.3 is 0 Å². The van der Waals surface area contributed by atoms with Gasteiger partial charge in [-0.1, -0.05) is 61.3 Å². The van der Waals surface area contributed by atoms with E-state index in [-0.39, 0.29) is 19.8 Å². The van der Waals surface area contributed by atoms with Crippen LogP contribution in [0.15, 0.2) is 46.2 Å². The van der Waals surface area contributed by atoms with Crippen LogP contribution >= 0.6 is 23.2 Å². The van der Waals surface area contributed by atoms with Gasteiger partial charge in [0.05, 0.1) is 19.8 Å². The average molecular weight is 343 g/mol. The summed E-state index contributed by atoms with van der Waals surface area (Å²) >= 11 is 12.5. The molecule has 112 valence electrons. The van der Waals surface area contributed by atoms with E-state index < -0.39 is 9.84 Å². The monoisotopic (exact) mass is 342 g/mol. The maximum atomic E-state index is 12.8. The molecule has 0 amide bonds. The lowest BCUT2D eigenvalue weighted by Gasteiger charge is -2.12. The molecule has 0 saturated heterocycles. The van der Waals surface area contributed by atoms with Crippen LogP contribution in [-0.2, 0) is 22.7 Å². The van der Waals surface area contributed by atoms with Crippen LogP contribution in [0.4, 0.5) is 0 Å². The predicted octanol–water partition coefficient (Wildman–Crippen LogP) is 4.95. The van der Waals surface area contributed by atoms with Crippen molar-refractivity contribution in [3.05, 3.63) is 57.6 Å². The molecule has 0 unspecified atom stereocenters. The van der Waals surface area contributed by atoms with E-state index in [1.54, 1.807) is 12.1 Å². The number of hydrogen-bond donors (Lipinski definition) is 0. The highest BCUT2D eigenvalue weighted by Gasteiger charge is 2.25. The highest BCUT2D eigenvalue weighted by molar-refractivity contribution is 7.91. The van der Waals surface area contributed by atoms with Crippen LogP contribution in [0, 0.1) is 0 Å². The molecule has 0 N–H and O–H groups in total. The van der Waals surface area contributed by atoms with Gasteiger partial charge in [-0.05, 0) is 36.1 Å². The van der Waals surface area contributed by atoms with Gasteiger partial charge in [-0.2, -0.15) is 0 Å². The van der Waals surface area contributed by atoms with Crippen molar-refractivity contribution in [3.63, 3.8) is 0 Å². The van der Waals surface area contributed by atoms with E-state index in [0.717, 1.165) is 11.1 Å². The molecular formula is C16H16Cl2O2S. The quantitative estimate of drug-likeness (QED) is 0.787. The molecule has 0 aliphatic heterocycles. The molecule has 2 aromatic carbocycles. The first kappa shape index (κ1) is 16.3. The molecular weight excluding hydrogens is 327 g/mol. The molecule has 0 aliphatic carbocycles. The second-order valence-electron chi connectivity index (χ2n) is 4.67. The summed E-state index contributed by atoms with van der Waals surface area (Å²) in [6, 6.07) is 10.1. The highest BCUT2D eigenvalue weighted by Crippen LogP contribution is 2.34. The Bertz CT molecular complexity index is 708. The maximum absolute atomic E-state index is 12.8. The normalized spacial score (nSPS) is 11.6. The Morgan fingerprint density at radius 1 is 0.810 bits per heavy atom. The van der Waals surface area contributed by atoms with E-state index in [4.69, 9.17) is 23.2 Å². The lowest BCUT2D eigenvalue weighted by atomic mass is 10.2. The van der Waals surface area contributed by atoms with Crippen LogP contribution in [0.1, 0.15) is 25.0 Å². The predicted molar refractivity (Wildman–Crippen MR) is 87.1 cm³/mol. The molecule has 0 fully saturated rings. The van der Waals surface area contributed by atoms with Gasteiger partial charge in [0.2, 0.25) is 9.84 Å². The summed E-state index contributed by atoms with van der Waals surface area (Å²) in [5.41, 5.74) is 1.61. The van der Waals surface area contributed by atoms with E-state index in [1.807, 2.05) is 26.0 Å². The van der Waals surface area contributed by atoms with Gasteiger partial charge in [-0.25, -0.2) is 8.42 Å². The summed E-state index contributed by atoms with van der Waals surface area (Å²) in [6.07, 6.45) is 1.34. The fraction of sp³-hybridized carbons (Fsp3) is 0.250. The van der Waals surface area contributed by atoms with E-state index in [0.29, 0.717) is 12.8 Å². The molecule has 0 aromatic heterocycles. The summed E-state index contributed by atoms with van der Waals surface area (Å²) < 4.78 is 25.7. The molecule has 0 radical (unpaired) electrons. The SMILES string of the molecule is CCc1cccc(S(=O)(=O)c2cccc(CC)c2Cl)c1Cl. The molecule has 0 atom stereocenters. The summed E-state index contributed by atoms with van der Waals surface area (Å²) in [5, 5.41) is 0.552. The van der Waals surface area contributed by atoms with Crippen LogP contribution in [0.25, 0.3) is 0 Å². The third-order valence-electron chi connectivity index (χ3n) is 3.43. The minimum Gasteiger partial charge on any atom is -0.218 e. The molecule has 0 saturated carbocycles. The van der Waals surface area contributed by atoms with Crippen LogP contribution in [-0.4, -0.2) is 8.42 Å². The summed E-state index contributed by atoms with van der Waals surface area (Å²) in [6.45, 7) is 3.87. The van der Waals surface area contributed by atoms with Crippen molar-refractivity contribution < 1.29 is 8.42 Å². The zero-order valence-corrected chi connectivity index (χ0v) is 14.2. The number of benzene rings is 2. The Kier molecular flexibility index (Phi) is 4.97. The Labute approximate surface area is 135 Å². The first-order valence-corrected chi connectivity index (χ1v) is 8.97. The van der Waals surface area contributed by atoms with E-state index in [9.17, 15) is 8.42 Å². The van der Waals surface area contributed by atoms with Gasteiger partial charge in [-0.3, -0.25) is 0 Å². The summed E-state index contributed by atoms with van der Waals surface area (Å²) in [4.78, 5) is 0.220. The first-order chi connectivity index (χ1) is 9.93. The van der Waals surface area contributed by atoms with Gasteiger partial charge in [0.25, 0.3) is 0 Å². The zero-order valence-electron chi connectivity index (χ0n) is 11.9. The molecule has 21 heavy (non-hydrogen) atoms. The minimum atomic E-state index is -3.73. The molecule has 2 rings (SSSR count). The maximum Gasteiger partial charge on any atom is 0.209 e. The largest absolute Gasteiger partial charge is 0.218 e. The Morgan fingerprint density at radius 2 is 1.19 bits per heavy atom. The average Bonchev–Trinajstić information content (AvgIpc) is 2.47. The number of rotatable bonds is 4. The highest BCUT2D eigenvalue weighted by atomic mass is 35.5. The first-order valence-electron chi connectivity index (χ1n) is 6.73. The van der Waals surface area contributed by atoms with Crippen molar-refractivity contribution in [1.82, 2.24) is 0 Å². The second-order valence-corrected chi connectivity index (χ2v) is 7.31. The number of halogens is 2. The zero-order chi connectivity index (χ0) is 15.6. The second kappa shape index (κ2) is 6.39. The summed E-state index contributed by atoms with van der Waals surface area (Å²) in [5.74, 6) is 0. The fourth-order valence-electron chi connectivity index (χ4n) is 2.19. The van der Waals surface area contributed by atoms with Gasteiger partial charge in [-0.15, -0.1) is 0 Å². The van der Waals surface area contributed by atoms with Crippen LogP contribution in [0.3, 0.4) is 0 Å². The van der Waals surface area contributed by atoms with Gasteiger partial charge >= 0.3 is 0 Å². The van der Waals surface area contributed by atoms with Crippen molar-refractivity contribution in [2.75, 3.05) is 0 Å². The van der Waals surface area contributed by atoms with Crippen LogP contribution in [0.5, 0.6) is 0 Å². The van der Waals surface area contributed by atoms with Crippen molar-refractivity contribution in [3.8, 4) is 0 Å². The Morgan fingerprint density at radius 3 is 1.52 bits per heavy atom. The molecule has 0 aliphatic rings. The van der Waals surface area contributed by atoms with Crippen LogP contribution < -0.4 is 0 Å². The third-order valence-corrected chi connectivity index (χ3v) is 6.38. The van der Waals surface area contributed by atoms with E-state index in [1.165, 1.54) is 12.1 Å². The van der Waals surface area contributed by atoms with Crippen molar-refractivity contribution in [2.24, 2.45) is 0 Å². The van der Waals surface area contributed by atoms with Crippen molar-refractivity contribution >= 4 is 33.0 Å². The lowest BCUT2D eigenvalue weighted by molar-refractivity contribution is 0.596. The Hall–Kier alpha value is -1.03. The molecule has 5 heteroatoms. The van der Waals surface area contributed by atoms with E-state index in [2.05, 4.69) is 0 Å². The van der Waals surface area contributed by atoms with E-state index >= 15 is 0 Å². The smallest absolute Gasteiger partial charge is 0.209 e. The number of sulfone groups is 1. The molecule has 0 spiro atoms. The number of aryl methyl sites for hydroxylation is 2. The number of hydrogen-bond acceptors (Lipinski definition) is 2. The summed E-state index contributed by atoms with van der Waals surface area (Å²) in [7, 11) is -3.73.